The summed E-state index contributed by atoms with van der Waals surface area (Å²) in [6.45, 7) is 4.46. The summed E-state index contributed by atoms with van der Waals surface area (Å²) < 4.78 is 75.9. The van der Waals surface area contributed by atoms with E-state index in [1.807, 2.05) is 0 Å². The predicted octanol–water partition coefficient (Wildman–Crippen LogP) is 4.73. The Morgan fingerprint density at radius 2 is 1.11 bits per heavy atom. The van der Waals surface area contributed by atoms with E-state index in [1.165, 1.54) is 20.8 Å². The number of aromatic hydroxyl groups is 1. The molecule has 1 aromatic rings. The minimum Gasteiger partial charge on any atom is -0.507 e. The van der Waals surface area contributed by atoms with Gasteiger partial charge in [-0.05, 0) is 23.1 Å². The zero-order chi connectivity index (χ0) is 15.2. The van der Waals surface area contributed by atoms with Crippen molar-refractivity contribution in [1.82, 2.24) is 0 Å². The van der Waals surface area contributed by atoms with Crippen LogP contribution >= 0.6 is 0 Å². The van der Waals surface area contributed by atoms with Crippen LogP contribution in [0.2, 0.25) is 0 Å². The van der Waals surface area contributed by atoms with Gasteiger partial charge in [-0.1, -0.05) is 20.8 Å². The summed E-state index contributed by atoms with van der Waals surface area (Å²) in [5.41, 5.74) is -4.40. The van der Waals surface area contributed by atoms with E-state index in [4.69, 9.17) is 0 Å². The second kappa shape index (κ2) is 4.31. The molecule has 19 heavy (non-hydrogen) atoms. The smallest absolute Gasteiger partial charge is 0.419 e. The van der Waals surface area contributed by atoms with Gasteiger partial charge in [0.2, 0.25) is 0 Å². The third kappa shape index (κ3) is 3.33. The quantitative estimate of drug-likeness (QED) is 0.684. The number of hydrogen-bond donors (Lipinski definition) is 1. The molecule has 0 aliphatic carbocycles. The Hall–Kier alpha value is -1.40. The molecule has 0 bridgehead atoms. The molecule has 0 saturated carbocycles. The van der Waals surface area contributed by atoms with Crippen molar-refractivity contribution in [3.63, 3.8) is 0 Å². The van der Waals surface area contributed by atoms with Gasteiger partial charge < -0.3 is 5.11 Å². The number of hydrogen-bond acceptors (Lipinski definition) is 1. The van der Waals surface area contributed by atoms with Crippen LogP contribution in [0.5, 0.6) is 5.75 Å². The highest BCUT2D eigenvalue weighted by atomic mass is 19.4. The van der Waals surface area contributed by atoms with Gasteiger partial charge in [0.05, 0.1) is 11.1 Å². The van der Waals surface area contributed by atoms with E-state index in [1.54, 1.807) is 0 Å². The van der Waals surface area contributed by atoms with Gasteiger partial charge >= 0.3 is 12.4 Å². The molecular formula is C12H12F6O. The van der Waals surface area contributed by atoms with Crippen molar-refractivity contribution in [3.05, 3.63) is 28.8 Å². The Labute approximate surface area is 105 Å². The molecule has 0 unspecified atom stereocenters. The second-order valence-electron chi connectivity index (χ2n) is 5.17. The van der Waals surface area contributed by atoms with E-state index < -0.39 is 34.6 Å². The fraction of sp³-hybridized carbons (Fsp3) is 0.500. The summed E-state index contributed by atoms with van der Waals surface area (Å²) in [5.74, 6) is -1.78. The summed E-state index contributed by atoms with van der Waals surface area (Å²) >= 11 is 0. The number of phenolic OH excluding ortho intramolecular Hbond substituents is 1. The van der Waals surface area contributed by atoms with E-state index in [-0.39, 0.29) is 5.56 Å². The summed E-state index contributed by atoms with van der Waals surface area (Å²) in [6, 6.07) is 1.09. The van der Waals surface area contributed by atoms with Crippen LogP contribution in [0.4, 0.5) is 26.3 Å². The maximum Gasteiger partial charge on any atom is 0.419 e. The molecule has 0 amide bonds. The molecule has 0 aliphatic rings. The lowest BCUT2D eigenvalue weighted by Gasteiger charge is -2.23. The van der Waals surface area contributed by atoms with Crippen molar-refractivity contribution in [2.45, 2.75) is 38.5 Å². The summed E-state index contributed by atoms with van der Waals surface area (Å²) in [6.07, 6.45) is -10.1. The van der Waals surface area contributed by atoms with Crippen molar-refractivity contribution in [2.75, 3.05) is 0 Å². The van der Waals surface area contributed by atoms with E-state index in [9.17, 15) is 31.4 Å². The number of alkyl halides is 6. The number of halogens is 6. The molecule has 0 aromatic heterocycles. The molecule has 0 atom stereocenters. The maximum absolute atomic E-state index is 12.7. The third-order valence-electron chi connectivity index (χ3n) is 2.59. The summed E-state index contributed by atoms with van der Waals surface area (Å²) in [7, 11) is 0. The molecule has 1 N–H and O–H groups in total. The van der Waals surface area contributed by atoms with Gasteiger partial charge in [-0.2, -0.15) is 26.3 Å². The fourth-order valence-electron chi connectivity index (χ4n) is 1.50. The van der Waals surface area contributed by atoms with Gasteiger partial charge in [0.15, 0.2) is 0 Å². The van der Waals surface area contributed by atoms with Crippen LogP contribution in [0.25, 0.3) is 0 Å². The topological polar surface area (TPSA) is 20.2 Å². The molecule has 7 heteroatoms. The molecule has 0 heterocycles. The highest BCUT2D eigenvalue weighted by Crippen LogP contribution is 2.45. The van der Waals surface area contributed by atoms with E-state index in [2.05, 4.69) is 0 Å². The van der Waals surface area contributed by atoms with Crippen molar-refractivity contribution in [1.29, 1.82) is 0 Å². The van der Waals surface area contributed by atoms with Crippen LogP contribution < -0.4 is 0 Å². The average Bonchev–Trinajstić information content (AvgIpc) is 2.11. The monoisotopic (exact) mass is 286 g/mol. The molecule has 1 rings (SSSR count). The summed E-state index contributed by atoms with van der Waals surface area (Å²) in [4.78, 5) is 0. The third-order valence-corrected chi connectivity index (χ3v) is 2.59. The van der Waals surface area contributed by atoms with Crippen molar-refractivity contribution >= 4 is 0 Å². The SMILES string of the molecule is CC(C)(C)c1cc(C(F)(F)F)c(O)c(C(F)(F)F)c1. The Bertz CT molecular complexity index is 443. The van der Waals surface area contributed by atoms with Crippen molar-refractivity contribution in [2.24, 2.45) is 0 Å². The molecule has 108 valence electrons. The first kappa shape index (κ1) is 15.7. The number of benzene rings is 1. The Morgan fingerprint density at radius 3 is 1.32 bits per heavy atom. The van der Waals surface area contributed by atoms with Gasteiger partial charge in [-0.25, -0.2) is 0 Å². The molecule has 0 fully saturated rings. The average molecular weight is 286 g/mol. The van der Waals surface area contributed by atoms with Gasteiger partial charge in [-0.15, -0.1) is 0 Å². The molecule has 1 aromatic carbocycles. The van der Waals surface area contributed by atoms with E-state index in [0.29, 0.717) is 12.1 Å². The molecule has 1 nitrogen and oxygen atoms in total. The standard InChI is InChI=1S/C12H12F6O/c1-10(2,3)6-4-7(11(13,14)15)9(19)8(5-6)12(16,17)18/h4-5,19H,1-3H3. The molecule has 0 spiro atoms. The van der Waals surface area contributed by atoms with Crippen molar-refractivity contribution in [3.8, 4) is 5.75 Å². The van der Waals surface area contributed by atoms with Crippen LogP contribution in [0, 0.1) is 0 Å². The van der Waals surface area contributed by atoms with Gasteiger partial charge in [-0.3, -0.25) is 0 Å². The second-order valence-corrected chi connectivity index (χ2v) is 5.17. The van der Waals surface area contributed by atoms with Crippen LogP contribution in [-0.2, 0) is 17.8 Å². The minimum atomic E-state index is -5.05. The Balaban J connectivity index is 3.68. The Kier molecular flexibility index (Phi) is 3.56. The summed E-state index contributed by atoms with van der Waals surface area (Å²) in [5, 5.41) is 9.21. The van der Waals surface area contributed by atoms with E-state index in [0.717, 1.165) is 0 Å². The maximum atomic E-state index is 12.7. The van der Waals surface area contributed by atoms with Crippen LogP contribution in [-0.4, -0.2) is 5.11 Å². The highest BCUT2D eigenvalue weighted by Gasteiger charge is 2.42. The van der Waals surface area contributed by atoms with E-state index >= 15 is 0 Å². The van der Waals surface area contributed by atoms with Crippen LogP contribution in [0.3, 0.4) is 0 Å². The van der Waals surface area contributed by atoms with Crippen LogP contribution in [0.15, 0.2) is 12.1 Å². The number of rotatable bonds is 0. The largest absolute Gasteiger partial charge is 0.507 e. The Morgan fingerprint density at radius 1 is 0.789 bits per heavy atom. The molecular weight excluding hydrogens is 274 g/mol. The van der Waals surface area contributed by atoms with Crippen LogP contribution in [0.1, 0.15) is 37.5 Å². The van der Waals surface area contributed by atoms with Gasteiger partial charge in [0, 0.05) is 0 Å². The minimum absolute atomic E-state index is 0.148. The molecule has 0 aliphatic heterocycles. The highest BCUT2D eigenvalue weighted by molar-refractivity contribution is 5.48. The fourth-order valence-corrected chi connectivity index (χ4v) is 1.50. The zero-order valence-corrected chi connectivity index (χ0v) is 10.4. The zero-order valence-electron chi connectivity index (χ0n) is 10.4. The first-order chi connectivity index (χ1) is 8.24. The van der Waals surface area contributed by atoms with Crippen molar-refractivity contribution < 1.29 is 31.4 Å². The normalized spacial score (nSPS) is 13.7. The first-order valence-corrected chi connectivity index (χ1v) is 5.26. The van der Waals surface area contributed by atoms with Gasteiger partial charge in [0.1, 0.15) is 5.75 Å². The first-order valence-electron chi connectivity index (χ1n) is 5.26. The lowest BCUT2D eigenvalue weighted by atomic mass is 9.84. The molecule has 0 radical (unpaired) electrons. The lowest BCUT2D eigenvalue weighted by molar-refractivity contribution is -0.145. The predicted molar refractivity (Wildman–Crippen MR) is 56.8 cm³/mol. The van der Waals surface area contributed by atoms with Gasteiger partial charge in [0.25, 0.3) is 0 Å². The lowest BCUT2D eigenvalue weighted by Crippen LogP contribution is -2.18. The number of phenols is 1. The molecule has 0 saturated heterocycles.